The lowest BCUT2D eigenvalue weighted by atomic mass is 10.0. The van der Waals surface area contributed by atoms with Crippen molar-refractivity contribution in [2.45, 2.75) is 52.2 Å². The molecule has 1 unspecified atom stereocenters. The van der Waals surface area contributed by atoms with Gasteiger partial charge in [-0.1, -0.05) is 0 Å². The minimum absolute atomic E-state index is 0.217. The van der Waals surface area contributed by atoms with Crippen molar-refractivity contribution in [1.82, 2.24) is 10.2 Å². The van der Waals surface area contributed by atoms with Crippen molar-refractivity contribution in [3.05, 3.63) is 23.8 Å². The third kappa shape index (κ3) is 5.40. The van der Waals surface area contributed by atoms with Crippen LogP contribution in [0.25, 0.3) is 0 Å². The number of rotatable bonds is 3. The molecule has 8 heteroatoms. The minimum Gasteiger partial charge on any atom is -0.444 e. The summed E-state index contributed by atoms with van der Waals surface area (Å²) in [6.07, 6.45) is 0.582. The van der Waals surface area contributed by atoms with E-state index in [1.54, 1.807) is 4.90 Å². The van der Waals surface area contributed by atoms with E-state index in [4.69, 9.17) is 4.74 Å². The Kier molecular flexibility index (Phi) is 6.00. The Morgan fingerprint density at radius 3 is 2.45 bits per heavy atom. The summed E-state index contributed by atoms with van der Waals surface area (Å²) in [5.41, 5.74) is 2.57. The molecule has 158 valence electrons. The van der Waals surface area contributed by atoms with E-state index in [1.165, 1.54) is 0 Å². The second-order valence-corrected chi connectivity index (χ2v) is 8.60. The number of piperazine rings is 1. The van der Waals surface area contributed by atoms with Gasteiger partial charge in [-0.3, -0.25) is 14.9 Å². The summed E-state index contributed by atoms with van der Waals surface area (Å²) in [7, 11) is 0. The van der Waals surface area contributed by atoms with E-state index in [0.29, 0.717) is 25.9 Å². The summed E-state index contributed by atoms with van der Waals surface area (Å²) in [5, 5.41) is 5.58. The van der Waals surface area contributed by atoms with Gasteiger partial charge in [-0.2, -0.15) is 0 Å². The van der Waals surface area contributed by atoms with Crippen molar-refractivity contribution in [1.29, 1.82) is 0 Å². The van der Waals surface area contributed by atoms with Gasteiger partial charge in [0.2, 0.25) is 11.8 Å². The summed E-state index contributed by atoms with van der Waals surface area (Å²) in [4.78, 5) is 39.4. The van der Waals surface area contributed by atoms with E-state index in [2.05, 4.69) is 15.5 Å². The molecule has 29 heavy (non-hydrogen) atoms. The van der Waals surface area contributed by atoms with E-state index in [9.17, 15) is 14.4 Å². The van der Waals surface area contributed by atoms with E-state index >= 15 is 0 Å². The first-order chi connectivity index (χ1) is 13.6. The van der Waals surface area contributed by atoms with Gasteiger partial charge in [0.05, 0.1) is 0 Å². The normalized spacial score (nSPS) is 20.3. The van der Waals surface area contributed by atoms with Crippen molar-refractivity contribution < 1.29 is 19.1 Å². The van der Waals surface area contributed by atoms with Gasteiger partial charge < -0.3 is 19.9 Å². The van der Waals surface area contributed by atoms with Gasteiger partial charge in [-0.05, 0) is 57.9 Å². The predicted octanol–water partition coefficient (Wildman–Crippen LogP) is 2.27. The van der Waals surface area contributed by atoms with Gasteiger partial charge >= 0.3 is 6.09 Å². The molecule has 0 radical (unpaired) electrons. The topological polar surface area (TPSA) is 91.0 Å². The van der Waals surface area contributed by atoms with Gasteiger partial charge in [-0.15, -0.1) is 0 Å². The van der Waals surface area contributed by atoms with Crippen LogP contribution in [0.15, 0.2) is 18.2 Å². The maximum absolute atomic E-state index is 12.2. The maximum atomic E-state index is 12.2. The van der Waals surface area contributed by atoms with Crippen LogP contribution in [0.4, 0.5) is 16.2 Å². The third-order valence-electron chi connectivity index (χ3n) is 5.05. The quantitative estimate of drug-likeness (QED) is 0.754. The molecule has 2 heterocycles. The van der Waals surface area contributed by atoms with Gasteiger partial charge in [0.1, 0.15) is 11.6 Å². The number of hydrogen-bond acceptors (Lipinski definition) is 6. The van der Waals surface area contributed by atoms with E-state index < -0.39 is 11.6 Å². The highest BCUT2D eigenvalue weighted by Gasteiger charge is 2.28. The summed E-state index contributed by atoms with van der Waals surface area (Å²) >= 11 is 0. The molecule has 3 rings (SSSR count). The summed E-state index contributed by atoms with van der Waals surface area (Å²) in [6.45, 7) is 10.3. The second kappa shape index (κ2) is 8.31. The summed E-state index contributed by atoms with van der Waals surface area (Å²) in [5.74, 6) is -0.494. The summed E-state index contributed by atoms with van der Waals surface area (Å²) in [6, 6.07) is 5.61. The molecular formula is C21H30N4O4. The average Bonchev–Trinajstić information content (AvgIpc) is 2.63. The second-order valence-electron chi connectivity index (χ2n) is 8.60. The van der Waals surface area contributed by atoms with Crippen LogP contribution in [0.3, 0.4) is 0 Å². The Morgan fingerprint density at radius 2 is 1.86 bits per heavy atom. The SMILES string of the molecule is Cc1cc(NC2CCC(=O)NC2=O)ccc1N1CCN(C(=O)OC(C)(C)C)CC1. The van der Waals surface area contributed by atoms with Crippen molar-refractivity contribution in [2.75, 3.05) is 36.4 Å². The van der Waals surface area contributed by atoms with Crippen molar-refractivity contribution in [2.24, 2.45) is 0 Å². The van der Waals surface area contributed by atoms with Gasteiger partial charge in [0.25, 0.3) is 0 Å². The van der Waals surface area contributed by atoms with Crippen molar-refractivity contribution >= 4 is 29.3 Å². The fourth-order valence-electron chi connectivity index (χ4n) is 3.59. The number of anilines is 2. The Balaban J connectivity index is 1.58. The smallest absolute Gasteiger partial charge is 0.410 e. The molecule has 2 aliphatic heterocycles. The number of hydrogen-bond donors (Lipinski definition) is 2. The lowest BCUT2D eigenvalue weighted by Crippen LogP contribution is -2.50. The predicted molar refractivity (Wildman–Crippen MR) is 111 cm³/mol. The van der Waals surface area contributed by atoms with Crippen LogP contribution in [-0.2, 0) is 14.3 Å². The van der Waals surface area contributed by atoms with Crippen molar-refractivity contribution in [3.63, 3.8) is 0 Å². The standard InChI is InChI=1S/C21H30N4O4/c1-14-13-15(22-16-6-8-18(26)23-19(16)27)5-7-17(14)24-9-11-25(12-10-24)20(28)29-21(2,3)4/h5,7,13,16,22H,6,8-12H2,1-4H3,(H,23,26,27). The van der Waals surface area contributed by atoms with Gasteiger partial charge in [0.15, 0.2) is 0 Å². The van der Waals surface area contributed by atoms with Crippen LogP contribution in [0.2, 0.25) is 0 Å². The molecular weight excluding hydrogens is 372 g/mol. The van der Waals surface area contributed by atoms with Crippen LogP contribution >= 0.6 is 0 Å². The molecule has 0 aromatic heterocycles. The van der Waals surface area contributed by atoms with Crippen molar-refractivity contribution in [3.8, 4) is 0 Å². The zero-order valence-corrected chi connectivity index (χ0v) is 17.6. The van der Waals surface area contributed by atoms with E-state index in [1.807, 2.05) is 45.9 Å². The van der Waals surface area contributed by atoms with E-state index in [-0.39, 0.29) is 17.9 Å². The molecule has 2 saturated heterocycles. The number of amides is 3. The first-order valence-corrected chi connectivity index (χ1v) is 10.1. The first kappa shape index (κ1) is 21.0. The molecule has 0 aliphatic carbocycles. The molecule has 2 N–H and O–H groups in total. The van der Waals surface area contributed by atoms with Crippen LogP contribution in [0, 0.1) is 6.92 Å². The fraction of sp³-hybridized carbons (Fsp3) is 0.571. The molecule has 1 aromatic carbocycles. The number of imide groups is 1. The lowest BCUT2D eigenvalue weighted by Gasteiger charge is -2.37. The number of piperidine rings is 1. The first-order valence-electron chi connectivity index (χ1n) is 10.1. The monoisotopic (exact) mass is 402 g/mol. The van der Waals surface area contributed by atoms with Crippen LogP contribution < -0.4 is 15.5 Å². The highest BCUT2D eigenvalue weighted by molar-refractivity contribution is 6.01. The zero-order valence-electron chi connectivity index (χ0n) is 17.6. The Hall–Kier alpha value is -2.77. The molecule has 0 saturated carbocycles. The highest BCUT2D eigenvalue weighted by Crippen LogP contribution is 2.26. The molecule has 2 aliphatic rings. The molecule has 2 fully saturated rings. The Morgan fingerprint density at radius 1 is 1.17 bits per heavy atom. The molecule has 0 bridgehead atoms. The number of benzene rings is 1. The number of nitrogens with one attached hydrogen (secondary N) is 2. The molecule has 0 spiro atoms. The minimum atomic E-state index is -0.490. The molecule has 1 atom stereocenters. The largest absolute Gasteiger partial charge is 0.444 e. The Bertz CT molecular complexity index is 794. The lowest BCUT2D eigenvalue weighted by molar-refractivity contribution is -0.133. The highest BCUT2D eigenvalue weighted by atomic mass is 16.6. The fourth-order valence-corrected chi connectivity index (χ4v) is 3.59. The summed E-state index contributed by atoms with van der Waals surface area (Å²) < 4.78 is 5.45. The molecule has 3 amide bonds. The van der Waals surface area contributed by atoms with Gasteiger partial charge in [0, 0.05) is 44.0 Å². The average molecular weight is 402 g/mol. The number of ether oxygens (including phenoxy) is 1. The molecule has 1 aromatic rings. The van der Waals surface area contributed by atoms with Gasteiger partial charge in [-0.25, -0.2) is 4.79 Å². The maximum Gasteiger partial charge on any atom is 0.410 e. The molecule has 8 nitrogen and oxygen atoms in total. The van der Waals surface area contributed by atoms with Crippen LogP contribution in [-0.4, -0.2) is 60.6 Å². The van der Waals surface area contributed by atoms with Crippen LogP contribution in [0.1, 0.15) is 39.2 Å². The number of carbonyl (C=O) groups is 3. The van der Waals surface area contributed by atoms with E-state index in [0.717, 1.165) is 30.0 Å². The number of carbonyl (C=O) groups excluding carboxylic acids is 3. The zero-order chi connectivity index (χ0) is 21.2. The number of aryl methyl sites for hydroxylation is 1. The van der Waals surface area contributed by atoms with Crippen LogP contribution in [0.5, 0.6) is 0 Å². The Labute approximate surface area is 171 Å². The third-order valence-corrected chi connectivity index (χ3v) is 5.05. The number of nitrogens with zero attached hydrogens (tertiary/aromatic N) is 2.